The molecule has 0 aliphatic carbocycles. The number of carbonyl (C=O) groups is 1. The Morgan fingerprint density at radius 2 is 2.13 bits per heavy atom. The van der Waals surface area contributed by atoms with Gasteiger partial charge in [0.05, 0.1) is 23.4 Å². The lowest BCUT2D eigenvalue weighted by atomic mass is 10.1. The Kier molecular flexibility index (Phi) is 6.01. The van der Waals surface area contributed by atoms with Gasteiger partial charge < -0.3 is 10.5 Å². The van der Waals surface area contributed by atoms with Gasteiger partial charge in [-0.1, -0.05) is 35.5 Å². The second-order valence-corrected chi connectivity index (χ2v) is 5.93. The van der Waals surface area contributed by atoms with Gasteiger partial charge in [0.25, 0.3) is 0 Å². The zero-order valence-corrected chi connectivity index (χ0v) is 13.8. The first-order chi connectivity index (χ1) is 11.0. The number of ether oxygens (including phenoxy) is 1. The van der Waals surface area contributed by atoms with Crippen LogP contribution in [0.15, 0.2) is 47.5 Å². The first-order valence-electron chi connectivity index (χ1n) is 6.59. The number of aliphatic imine (C=N–C) groups is 1. The number of amidine groups is 1. The number of hydrogen-bond acceptors (Lipinski definition) is 4. The summed E-state index contributed by atoms with van der Waals surface area (Å²) in [6.07, 6.45) is 0. The molecule has 0 aliphatic heterocycles. The zero-order valence-electron chi connectivity index (χ0n) is 12.3. The first-order valence-corrected chi connectivity index (χ1v) is 7.95. The van der Waals surface area contributed by atoms with E-state index in [1.54, 1.807) is 18.2 Å². The SMILES string of the molecule is COC(=O)c1cccc(CSC(N)=Nc2ccc(F)c(Cl)c2)c1. The quantitative estimate of drug-likeness (QED) is 0.510. The highest BCUT2D eigenvalue weighted by atomic mass is 35.5. The van der Waals surface area contributed by atoms with Gasteiger partial charge >= 0.3 is 5.97 Å². The minimum atomic E-state index is -0.503. The summed E-state index contributed by atoms with van der Waals surface area (Å²) in [5.41, 5.74) is 7.72. The van der Waals surface area contributed by atoms with Crippen molar-refractivity contribution in [2.75, 3.05) is 7.11 Å². The standard InChI is InChI=1S/C16H14ClFN2O2S/c1-22-15(21)11-4-2-3-10(7-11)9-23-16(19)20-12-5-6-14(18)13(17)8-12/h2-8H,9H2,1H3,(H2,19,20). The molecule has 0 unspecified atom stereocenters. The molecule has 0 saturated heterocycles. The second kappa shape index (κ2) is 7.99. The second-order valence-electron chi connectivity index (χ2n) is 4.53. The number of benzene rings is 2. The van der Waals surface area contributed by atoms with Gasteiger partial charge in [-0.05, 0) is 35.9 Å². The van der Waals surface area contributed by atoms with Crippen LogP contribution < -0.4 is 5.73 Å². The van der Waals surface area contributed by atoms with E-state index in [1.165, 1.54) is 37.1 Å². The number of methoxy groups -OCH3 is 1. The van der Waals surface area contributed by atoms with Crippen LogP contribution >= 0.6 is 23.4 Å². The van der Waals surface area contributed by atoms with E-state index in [4.69, 9.17) is 17.3 Å². The predicted molar refractivity (Wildman–Crippen MR) is 91.8 cm³/mol. The molecule has 0 aromatic heterocycles. The van der Waals surface area contributed by atoms with Crippen molar-refractivity contribution in [1.82, 2.24) is 0 Å². The summed E-state index contributed by atoms with van der Waals surface area (Å²) < 4.78 is 17.8. The number of hydrogen-bond donors (Lipinski definition) is 1. The molecule has 0 heterocycles. The lowest BCUT2D eigenvalue weighted by Crippen LogP contribution is -2.06. The predicted octanol–water partition coefficient (Wildman–Crippen LogP) is 4.15. The Hall–Kier alpha value is -2.05. The van der Waals surface area contributed by atoms with Crippen LogP contribution in [0.2, 0.25) is 5.02 Å². The van der Waals surface area contributed by atoms with Gasteiger partial charge in [-0.15, -0.1) is 0 Å². The molecule has 0 atom stereocenters. The highest BCUT2D eigenvalue weighted by Gasteiger charge is 2.06. The average molecular weight is 353 g/mol. The van der Waals surface area contributed by atoms with Crippen molar-refractivity contribution in [1.29, 1.82) is 0 Å². The molecule has 0 amide bonds. The van der Waals surface area contributed by atoms with Crippen molar-refractivity contribution in [3.05, 3.63) is 64.4 Å². The molecular weight excluding hydrogens is 339 g/mol. The lowest BCUT2D eigenvalue weighted by molar-refractivity contribution is 0.0600. The molecule has 0 bridgehead atoms. The molecule has 120 valence electrons. The fraction of sp³-hybridized carbons (Fsp3) is 0.125. The molecule has 0 fully saturated rings. The lowest BCUT2D eigenvalue weighted by Gasteiger charge is -2.04. The Morgan fingerprint density at radius 3 is 2.83 bits per heavy atom. The van der Waals surface area contributed by atoms with Gasteiger partial charge in [-0.3, -0.25) is 0 Å². The number of halogens is 2. The van der Waals surface area contributed by atoms with E-state index in [9.17, 15) is 9.18 Å². The van der Waals surface area contributed by atoms with Crippen molar-refractivity contribution in [2.24, 2.45) is 10.7 Å². The van der Waals surface area contributed by atoms with Crippen LogP contribution in [0.3, 0.4) is 0 Å². The summed E-state index contributed by atoms with van der Waals surface area (Å²) in [4.78, 5) is 15.6. The zero-order chi connectivity index (χ0) is 16.8. The Labute approximate surface area is 142 Å². The summed E-state index contributed by atoms with van der Waals surface area (Å²) >= 11 is 7.00. The smallest absolute Gasteiger partial charge is 0.337 e. The van der Waals surface area contributed by atoms with Crippen molar-refractivity contribution in [2.45, 2.75) is 5.75 Å². The van der Waals surface area contributed by atoms with E-state index in [1.807, 2.05) is 6.07 Å². The number of nitrogens with two attached hydrogens (primary N) is 1. The van der Waals surface area contributed by atoms with Crippen molar-refractivity contribution in [3.63, 3.8) is 0 Å². The van der Waals surface area contributed by atoms with E-state index in [2.05, 4.69) is 9.73 Å². The van der Waals surface area contributed by atoms with Gasteiger partial charge in [0.2, 0.25) is 0 Å². The molecule has 0 saturated carbocycles. The normalized spacial score (nSPS) is 11.3. The fourth-order valence-corrected chi connectivity index (χ4v) is 2.62. The summed E-state index contributed by atoms with van der Waals surface area (Å²) in [5.74, 6) is -0.356. The minimum Gasteiger partial charge on any atom is -0.465 e. The van der Waals surface area contributed by atoms with Crippen LogP contribution in [-0.4, -0.2) is 18.2 Å². The summed E-state index contributed by atoms with van der Waals surface area (Å²) in [5, 5.41) is 0.311. The van der Waals surface area contributed by atoms with Crippen molar-refractivity contribution < 1.29 is 13.9 Å². The molecule has 23 heavy (non-hydrogen) atoms. The van der Waals surface area contributed by atoms with Gasteiger partial charge in [0.15, 0.2) is 5.17 Å². The largest absolute Gasteiger partial charge is 0.465 e. The number of carbonyl (C=O) groups excluding carboxylic acids is 1. The molecule has 2 rings (SSSR count). The van der Waals surface area contributed by atoms with Crippen LogP contribution in [0.5, 0.6) is 0 Å². The molecule has 4 nitrogen and oxygen atoms in total. The molecule has 2 aromatic carbocycles. The van der Waals surface area contributed by atoms with E-state index in [-0.39, 0.29) is 11.0 Å². The van der Waals surface area contributed by atoms with Crippen molar-refractivity contribution in [3.8, 4) is 0 Å². The summed E-state index contributed by atoms with van der Waals surface area (Å²) in [6, 6.07) is 11.2. The third-order valence-electron chi connectivity index (χ3n) is 2.88. The molecule has 2 aromatic rings. The van der Waals surface area contributed by atoms with Gasteiger partial charge in [0.1, 0.15) is 5.82 Å². The Bertz CT molecular complexity index is 753. The Balaban J connectivity index is 2.03. The van der Waals surface area contributed by atoms with E-state index in [0.717, 1.165) is 5.56 Å². The number of esters is 1. The average Bonchev–Trinajstić information content (AvgIpc) is 2.56. The maximum atomic E-state index is 13.1. The van der Waals surface area contributed by atoms with Crippen LogP contribution in [0, 0.1) is 5.82 Å². The van der Waals surface area contributed by atoms with Crippen LogP contribution in [0.25, 0.3) is 0 Å². The van der Waals surface area contributed by atoms with Gasteiger partial charge in [0, 0.05) is 5.75 Å². The summed E-state index contributed by atoms with van der Waals surface area (Å²) in [6.45, 7) is 0. The van der Waals surface area contributed by atoms with Crippen molar-refractivity contribution >= 4 is 40.2 Å². The third-order valence-corrected chi connectivity index (χ3v) is 4.03. The van der Waals surface area contributed by atoms with E-state index < -0.39 is 5.82 Å². The van der Waals surface area contributed by atoms with E-state index >= 15 is 0 Å². The van der Waals surface area contributed by atoms with E-state index in [0.29, 0.717) is 22.2 Å². The highest BCUT2D eigenvalue weighted by molar-refractivity contribution is 8.13. The fourth-order valence-electron chi connectivity index (χ4n) is 1.78. The monoisotopic (exact) mass is 352 g/mol. The first kappa shape index (κ1) is 17.3. The maximum absolute atomic E-state index is 13.1. The Morgan fingerprint density at radius 1 is 1.35 bits per heavy atom. The molecular formula is C16H14ClFN2O2S. The molecule has 0 spiro atoms. The molecule has 0 radical (unpaired) electrons. The van der Waals surface area contributed by atoms with Gasteiger partial charge in [-0.25, -0.2) is 14.2 Å². The van der Waals surface area contributed by atoms with Gasteiger partial charge in [-0.2, -0.15) is 0 Å². The summed E-state index contributed by atoms with van der Waals surface area (Å²) in [7, 11) is 1.34. The maximum Gasteiger partial charge on any atom is 0.337 e. The topological polar surface area (TPSA) is 64.7 Å². The number of nitrogens with zero attached hydrogens (tertiary/aromatic N) is 1. The van der Waals surface area contributed by atoms with Crippen LogP contribution in [-0.2, 0) is 10.5 Å². The number of thioether (sulfide) groups is 1. The third kappa shape index (κ3) is 4.97. The molecule has 0 aliphatic rings. The molecule has 2 N–H and O–H groups in total. The van der Waals surface area contributed by atoms with Crippen LogP contribution in [0.4, 0.5) is 10.1 Å². The van der Waals surface area contributed by atoms with Crippen LogP contribution in [0.1, 0.15) is 15.9 Å². The highest BCUT2D eigenvalue weighted by Crippen LogP contribution is 2.23. The minimum absolute atomic E-state index is 0.00479. The molecule has 7 heteroatoms. The number of rotatable bonds is 4.